The van der Waals surface area contributed by atoms with Crippen molar-refractivity contribution in [3.8, 4) is 22.9 Å². The number of anilines is 1. The van der Waals surface area contributed by atoms with Crippen molar-refractivity contribution in [1.29, 1.82) is 5.26 Å². The molecule has 112 valence electrons. The van der Waals surface area contributed by atoms with Gasteiger partial charge in [-0.1, -0.05) is 48.5 Å². The van der Waals surface area contributed by atoms with Crippen molar-refractivity contribution < 1.29 is 4.74 Å². The van der Waals surface area contributed by atoms with E-state index in [1.807, 2.05) is 54.6 Å². The van der Waals surface area contributed by atoms with Crippen LogP contribution in [0.2, 0.25) is 0 Å². The topological polar surface area (TPSA) is 71.9 Å². The summed E-state index contributed by atoms with van der Waals surface area (Å²) in [6.07, 6.45) is 1.72. The van der Waals surface area contributed by atoms with Crippen LogP contribution in [0.15, 0.2) is 66.9 Å². The molecule has 4 heteroatoms. The summed E-state index contributed by atoms with van der Waals surface area (Å²) in [5.41, 5.74) is 9.29. The largest absolute Gasteiger partial charge is 0.485 e. The zero-order chi connectivity index (χ0) is 16.1. The second-order valence-electron chi connectivity index (χ2n) is 5.03. The number of hydrogen-bond donors (Lipinski definition) is 1. The Labute approximate surface area is 134 Å². The molecule has 3 rings (SSSR count). The summed E-state index contributed by atoms with van der Waals surface area (Å²) in [6, 6.07) is 21.3. The highest BCUT2D eigenvalue weighted by Crippen LogP contribution is 2.27. The summed E-state index contributed by atoms with van der Waals surface area (Å²) in [5.74, 6) is 0.846. The Morgan fingerprint density at radius 3 is 2.52 bits per heavy atom. The van der Waals surface area contributed by atoms with Gasteiger partial charge in [-0.05, 0) is 17.7 Å². The highest BCUT2D eigenvalue weighted by Gasteiger charge is 2.08. The van der Waals surface area contributed by atoms with Gasteiger partial charge >= 0.3 is 0 Å². The summed E-state index contributed by atoms with van der Waals surface area (Å²) in [4.78, 5) is 4.20. The molecular weight excluding hydrogens is 286 g/mol. The van der Waals surface area contributed by atoms with E-state index in [9.17, 15) is 0 Å². The first-order chi connectivity index (χ1) is 11.3. The van der Waals surface area contributed by atoms with E-state index < -0.39 is 0 Å². The number of nitrogens with two attached hydrogens (primary N) is 1. The quantitative estimate of drug-likeness (QED) is 0.796. The molecule has 0 spiro atoms. The second kappa shape index (κ2) is 6.63. The number of pyridine rings is 1. The number of ether oxygens (including phenoxy) is 1. The van der Waals surface area contributed by atoms with Crippen LogP contribution in [0, 0.1) is 11.3 Å². The van der Waals surface area contributed by atoms with Crippen molar-refractivity contribution in [3.63, 3.8) is 0 Å². The molecule has 1 aromatic heterocycles. The summed E-state index contributed by atoms with van der Waals surface area (Å²) in [7, 11) is 0. The molecule has 1 heterocycles. The summed E-state index contributed by atoms with van der Waals surface area (Å²) >= 11 is 0. The highest BCUT2D eigenvalue weighted by atomic mass is 16.5. The fourth-order valence-corrected chi connectivity index (χ4v) is 2.27. The summed E-state index contributed by atoms with van der Waals surface area (Å²) < 4.78 is 5.79. The van der Waals surface area contributed by atoms with Gasteiger partial charge in [0.1, 0.15) is 6.61 Å². The molecule has 0 fully saturated rings. The molecule has 0 saturated carbocycles. The van der Waals surface area contributed by atoms with Gasteiger partial charge in [-0.3, -0.25) is 0 Å². The van der Waals surface area contributed by atoms with Crippen molar-refractivity contribution in [2.75, 3.05) is 5.73 Å². The van der Waals surface area contributed by atoms with Crippen LogP contribution in [-0.4, -0.2) is 4.98 Å². The van der Waals surface area contributed by atoms with Crippen LogP contribution in [0.4, 0.5) is 5.82 Å². The smallest absolute Gasteiger partial charge is 0.166 e. The Morgan fingerprint density at radius 1 is 1.00 bits per heavy atom. The van der Waals surface area contributed by atoms with Gasteiger partial charge in [0.2, 0.25) is 0 Å². The fraction of sp³-hybridized carbons (Fsp3) is 0.0526. The minimum absolute atomic E-state index is 0.272. The molecule has 0 saturated heterocycles. The lowest BCUT2D eigenvalue weighted by atomic mass is 10.1. The number of benzene rings is 2. The van der Waals surface area contributed by atoms with Crippen LogP contribution >= 0.6 is 0 Å². The van der Waals surface area contributed by atoms with Gasteiger partial charge in [0, 0.05) is 17.3 Å². The van der Waals surface area contributed by atoms with Crippen LogP contribution in [0.1, 0.15) is 11.1 Å². The molecule has 0 unspecified atom stereocenters. The molecular formula is C19H15N3O. The van der Waals surface area contributed by atoms with Crippen molar-refractivity contribution in [2.45, 2.75) is 6.61 Å². The third kappa shape index (κ3) is 3.30. The lowest BCUT2D eigenvalue weighted by Crippen LogP contribution is -2.02. The number of hydrogen-bond acceptors (Lipinski definition) is 4. The standard InChI is InChI=1S/C19H15N3O/c20-11-15-8-4-5-9-16(15)13-23-18-10-17(12-22-19(18)21)14-6-2-1-3-7-14/h1-10,12H,13H2,(H2,21,22). The predicted molar refractivity (Wildman–Crippen MR) is 89.6 cm³/mol. The maximum Gasteiger partial charge on any atom is 0.166 e. The van der Waals surface area contributed by atoms with Gasteiger partial charge < -0.3 is 10.5 Å². The molecule has 4 nitrogen and oxygen atoms in total. The first-order valence-corrected chi connectivity index (χ1v) is 7.19. The zero-order valence-corrected chi connectivity index (χ0v) is 12.4. The molecule has 0 bridgehead atoms. The molecule has 2 aromatic carbocycles. The molecule has 2 N–H and O–H groups in total. The first kappa shape index (κ1) is 14.6. The van der Waals surface area contributed by atoms with Gasteiger partial charge in [-0.2, -0.15) is 5.26 Å². The Hall–Kier alpha value is -3.32. The van der Waals surface area contributed by atoms with Gasteiger partial charge in [-0.15, -0.1) is 0 Å². The van der Waals surface area contributed by atoms with Crippen molar-refractivity contribution in [2.24, 2.45) is 0 Å². The van der Waals surface area contributed by atoms with E-state index in [1.54, 1.807) is 12.3 Å². The number of nitrogens with zero attached hydrogens (tertiary/aromatic N) is 2. The van der Waals surface area contributed by atoms with E-state index >= 15 is 0 Å². The van der Waals surface area contributed by atoms with Crippen LogP contribution in [0.25, 0.3) is 11.1 Å². The van der Waals surface area contributed by atoms with E-state index in [-0.39, 0.29) is 6.61 Å². The lowest BCUT2D eigenvalue weighted by molar-refractivity contribution is 0.307. The number of nitriles is 1. The highest BCUT2D eigenvalue weighted by molar-refractivity contribution is 5.66. The fourth-order valence-electron chi connectivity index (χ4n) is 2.27. The average molecular weight is 301 g/mol. The number of nitrogen functional groups attached to an aromatic ring is 1. The molecule has 0 aliphatic rings. The van der Waals surface area contributed by atoms with Gasteiger partial charge in [-0.25, -0.2) is 4.98 Å². The first-order valence-electron chi connectivity index (χ1n) is 7.19. The van der Waals surface area contributed by atoms with Crippen LogP contribution < -0.4 is 10.5 Å². The van der Waals surface area contributed by atoms with E-state index in [2.05, 4.69) is 11.1 Å². The molecule has 0 aliphatic carbocycles. The third-order valence-electron chi connectivity index (χ3n) is 3.51. The number of rotatable bonds is 4. The van der Waals surface area contributed by atoms with Crippen LogP contribution in [0.3, 0.4) is 0 Å². The third-order valence-corrected chi connectivity index (χ3v) is 3.51. The summed E-state index contributed by atoms with van der Waals surface area (Å²) in [6.45, 7) is 0.272. The monoisotopic (exact) mass is 301 g/mol. The van der Waals surface area contributed by atoms with E-state index in [1.165, 1.54) is 0 Å². The lowest BCUT2D eigenvalue weighted by Gasteiger charge is -2.11. The van der Waals surface area contributed by atoms with Crippen molar-refractivity contribution >= 4 is 5.82 Å². The zero-order valence-electron chi connectivity index (χ0n) is 12.4. The molecule has 0 radical (unpaired) electrons. The molecule has 0 atom stereocenters. The Morgan fingerprint density at radius 2 is 1.74 bits per heavy atom. The Kier molecular flexibility index (Phi) is 4.21. The van der Waals surface area contributed by atoms with Crippen LogP contribution in [-0.2, 0) is 6.61 Å². The van der Waals surface area contributed by atoms with E-state index in [0.29, 0.717) is 17.1 Å². The SMILES string of the molecule is N#Cc1ccccc1COc1cc(-c2ccccc2)cnc1N. The van der Waals surface area contributed by atoms with Crippen molar-refractivity contribution in [1.82, 2.24) is 4.98 Å². The number of aromatic nitrogens is 1. The minimum Gasteiger partial charge on any atom is -0.485 e. The van der Waals surface area contributed by atoms with Gasteiger partial charge in [0.05, 0.1) is 11.6 Å². The Balaban J connectivity index is 1.84. The molecule has 0 aliphatic heterocycles. The van der Waals surface area contributed by atoms with Gasteiger partial charge in [0.15, 0.2) is 11.6 Å². The molecule has 23 heavy (non-hydrogen) atoms. The van der Waals surface area contributed by atoms with Crippen LogP contribution in [0.5, 0.6) is 5.75 Å². The summed E-state index contributed by atoms with van der Waals surface area (Å²) in [5, 5.41) is 9.12. The second-order valence-corrected chi connectivity index (χ2v) is 5.03. The predicted octanol–water partition coefficient (Wildman–Crippen LogP) is 3.78. The minimum atomic E-state index is 0.272. The normalized spacial score (nSPS) is 10.0. The van der Waals surface area contributed by atoms with Gasteiger partial charge in [0.25, 0.3) is 0 Å². The van der Waals surface area contributed by atoms with E-state index in [4.69, 9.17) is 15.7 Å². The Bertz CT molecular complexity index is 854. The molecule has 0 amide bonds. The molecule has 3 aromatic rings. The average Bonchev–Trinajstić information content (AvgIpc) is 2.62. The van der Waals surface area contributed by atoms with Crippen molar-refractivity contribution in [3.05, 3.63) is 78.0 Å². The van der Waals surface area contributed by atoms with E-state index in [0.717, 1.165) is 16.7 Å². The maximum absolute atomic E-state index is 9.12. The maximum atomic E-state index is 9.12.